The van der Waals surface area contributed by atoms with E-state index in [0.717, 1.165) is 24.3 Å². The number of morpholine rings is 1. The summed E-state index contributed by atoms with van der Waals surface area (Å²) in [6.07, 6.45) is 0.214. The molecule has 1 saturated heterocycles. The van der Waals surface area contributed by atoms with E-state index < -0.39 is 0 Å². The van der Waals surface area contributed by atoms with Gasteiger partial charge in [0, 0.05) is 25.2 Å². The predicted octanol–water partition coefficient (Wildman–Crippen LogP) is 2.24. The van der Waals surface area contributed by atoms with Crippen LogP contribution in [0.3, 0.4) is 0 Å². The van der Waals surface area contributed by atoms with Crippen LogP contribution in [0, 0.1) is 12.7 Å². The van der Waals surface area contributed by atoms with Gasteiger partial charge in [-0.05, 0) is 44.0 Å². The molecule has 0 saturated carbocycles. The van der Waals surface area contributed by atoms with Gasteiger partial charge in [0.2, 0.25) is 0 Å². The number of hydrogen-bond donors (Lipinski definition) is 1. The molecule has 1 aliphatic rings. The number of nitrogens with zero attached hydrogens (tertiary/aromatic N) is 1. The normalized spacial score (nSPS) is 26.4. The lowest BCUT2D eigenvalue weighted by Gasteiger charge is -2.42. The van der Waals surface area contributed by atoms with Gasteiger partial charge in [0.1, 0.15) is 5.82 Å². The van der Waals surface area contributed by atoms with Crippen molar-refractivity contribution in [3.8, 4) is 0 Å². The van der Waals surface area contributed by atoms with Crippen LogP contribution in [0.15, 0.2) is 18.2 Å². The van der Waals surface area contributed by atoms with Crippen LogP contribution in [0.5, 0.6) is 0 Å². The van der Waals surface area contributed by atoms with E-state index in [1.807, 2.05) is 13.0 Å². The summed E-state index contributed by atoms with van der Waals surface area (Å²) in [6, 6.07) is 5.40. The molecule has 3 nitrogen and oxygen atoms in total. The zero-order chi connectivity index (χ0) is 14.0. The van der Waals surface area contributed by atoms with Crippen LogP contribution in [-0.4, -0.2) is 36.7 Å². The number of ether oxygens (including phenoxy) is 1. The van der Waals surface area contributed by atoms with Gasteiger partial charge in [0.05, 0.1) is 12.7 Å². The highest BCUT2D eigenvalue weighted by atomic mass is 19.1. The van der Waals surface area contributed by atoms with E-state index in [1.165, 1.54) is 6.07 Å². The fourth-order valence-electron chi connectivity index (χ4n) is 2.82. The highest BCUT2D eigenvalue weighted by Crippen LogP contribution is 2.28. The molecule has 2 N–H and O–H groups in total. The second-order valence-electron chi connectivity index (χ2n) is 5.44. The zero-order valence-corrected chi connectivity index (χ0v) is 11.9. The minimum atomic E-state index is -0.194. The number of hydrogen-bond acceptors (Lipinski definition) is 3. The second-order valence-corrected chi connectivity index (χ2v) is 5.44. The first kappa shape index (κ1) is 14.4. The van der Waals surface area contributed by atoms with Crippen molar-refractivity contribution in [2.75, 3.05) is 19.7 Å². The quantitative estimate of drug-likeness (QED) is 0.912. The first-order valence-electron chi connectivity index (χ1n) is 6.86. The summed E-state index contributed by atoms with van der Waals surface area (Å²) < 4.78 is 18.9. The van der Waals surface area contributed by atoms with E-state index in [0.29, 0.717) is 12.6 Å². The highest BCUT2D eigenvalue weighted by molar-refractivity contribution is 5.30. The Kier molecular flexibility index (Phi) is 4.55. The molecule has 0 radical (unpaired) electrons. The van der Waals surface area contributed by atoms with Crippen LogP contribution in [-0.2, 0) is 4.74 Å². The molecule has 1 aromatic rings. The lowest BCUT2D eigenvalue weighted by Crippen LogP contribution is -2.50. The zero-order valence-electron chi connectivity index (χ0n) is 11.9. The third-order valence-electron chi connectivity index (χ3n) is 3.87. The molecule has 19 heavy (non-hydrogen) atoms. The Morgan fingerprint density at radius 1 is 1.47 bits per heavy atom. The maximum absolute atomic E-state index is 13.2. The van der Waals surface area contributed by atoms with Crippen LogP contribution >= 0.6 is 0 Å². The number of nitrogens with two attached hydrogens (primary N) is 1. The summed E-state index contributed by atoms with van der Waals surface area (Å²) >= 11 is 0. The van der Waals surface area contributed by atoms with Gasteiger partial charge in [0.25, 0.3) is 0 Å². The highest BCUT2D eigenvalue weighted by Gasteiger charge is 2.30. The molecule has 0 aliphatic carbocycles. The molecule has 3 unspecified atom stereocenters. The van der Waals surface area contributed by atoms with E-state index in [9.17, 15) is 4.39 Å². The van der Waals surface area contributed by atoms with Crippen LogP contribution in [0.2, 0.25) is 0 Å². The maximum atomic E-state index is 13.2. The van der Waals surface area contributed by atoms with E-state index >= 15 is 0 Å². The first-order chi connectivity index (χ1) is 9.02. The van der Waals surface area contributed by atoms with E-state index in [4.69, 9.17) is 10.5 Å². The Morgan fingerprint density at radius 2 is 2.21 bits per heavy atom. The minimum absolute atomic E-state index is 0.127. The molecular weight excluding hydrogens is 243 g/mol. The SMILES string of the molecule is Cc1cc(F)ccc1C(CN)N1CC(C)OCC1C. The Bertz CT molecular complexity index is 438. The van der Waals surface area contributed by atoms with E-state index in [1.54, 1.807) is 6.07 Å². The van der Waals surface area contributed by atoms with Crippen molar-refractivity contribution in [1.29, 1.82) is 0 Å². The number of rotatable bonds is 3. The lowest BCUT2D eigenvalue weighted by molar-refractivity contribution is -0.0654. The van der Waals surface area contributed by atoms with Crippen LogP contribution in [0.25, 0.3) is 0 Å². The minimum Gasteiger partial charge on any atom is -0.376 e. The van der Waals surface area contributed by atoms with Gasteiger partial charge in [-0.3, -0.25) is 4.90 Å². The van der Waals surface area contributed by atoms with Gasteiger partial charge in [-0.25, -0.2) is 4.39 Å². The van der Waals surface area contributed by atoms with E-state index in [-0.39, 0.29) is 18.0 Å². The maximum Gasteiger partial charge on any atom is 0.123 e. The lowest BCUT2D eigenvalue weighted by atomic mass is 9.97. The van der Waals surface area contributed by atoms with Gasteiger partial charge in [-0.1, -0.05) is 6.07 Å². The standard InChI is InChI=1S/C15H23FN2O/c1-10-6-13(16)4-5-14(10)15(7-17)18-8-12(3)19-9-11(18)2/h4-6,11-12,15H,7-9,17H2,1-3H3. The summed E-state index contributed by atoms with van der Waals surface area (Å²) in [4.78, 5) is 2.37. The average molecular weight is 266 g/mol. The monoisotopic (exact) mass is 266 g/mol. The van der Waals surface area contributed by atoms with Crippen molar-refractivity contribution in [2.24, 2.45) is 5.73 Å². The van der Waals surface area contributed by atoms with Gasteiger partial charge < -0.3 is 10.5 Å². The Labute approximate surface area is 114 Å². The van der Waals surface area contributed by atoms with Gasteiger partial charge in [-0.2, -0.15) is 0 Å². The number of halogens is 1. The van der Waals surface area contributed by atoms with Crippen molar-refractivity contribution < 1.29 is 9.13 Å². The number of benzene rings is 1. The topological polar surface area (TPSA) is 38.5 Å². The molecule has 0 amide bonds. The van der Waals surface area contributed by atoms with Crippen molar-refractivity contribution >= 4 is 0 Å². The summed E-state index contributed by atoms with van der Waals surface area (Å²) in [5.74, 6) is -0.194. The molecule has 0 spiro atoms. The second kappa shape index (κ2) is 5.99. The third kappa shape index (κ3) is 3.14. The molecule has 1 fully saturated rings. The largest absolute Gasteiger partial charge is 0.376 e. The van der Waals surface area contributed by atoms with Gasteiger partial charge >= 0.3 is 0 Å². The van der Waals surface area contributed by atoms with Gasteiger partial charge in [0.15, 0.2) is 0 Å². The molecule has 0 aromatic heterocycles. The molecular formula is C15H23FN2O. The molecule has 2 rings (SSSR count). The van der Waals surface area contributed by atoms with Crippen molar-refractivity contribution in [1.82, 2.24) is 4.90 Å². The fraction of sp³-hybridized carbons (Fsp3) is 0.600. The summed E-state index contributed by atoms with van der Waals surface area (Å²) in [6.45, 7) is 8.27. The van der Waals surface area contributed by atoms with Crippen molar-refractivity contribution in [3.05, 3.63) is 35.1 Å². The predicted molar refractivity (Wildman–Crippen MR) is 74.5 cm³/mol. The van der Waals surface area contributed by atoms with Crippen LogP contribution < -0.4 is 5.73 Å². The smallest absolute Gasteiger partial charge is 0.123 e. The molecule has 4 heteroatoms. The molecule has 0 bridgehead atoms. The Balaban J connectivity index is 2.27. The molecule has 3 atom stereocenters. The average Bonchev–Trinajstić information content (AvgIpc) is 2.36. The summed E-state index contributed by atoms with van der Waals surface area (Å²) in [7, 11) is 0. The molecule has 1 aliphatic heterocycles. The molecule has 106 valence electrons. The van der Waals surface area contributed by atoms with Crippen LogP contribution in [0.4, 0.5) is 4.39 Å². The van der Waals surface area contributed by atoms with E-state index in [2.05, 4.69) is 18.7 Å². The Hall–Kier alpha value is -0.970. The van der Waals surface area contributed by atoms with Crippen molar-refractivity contribution in [2.45, 2.75) is 39.0 Å². The molecule has 1 aromatic carbocycles. The third-order valence-corrected chi connectivity index (χ3v) is 3.87. The number of aryl methyl sites for hydroxylation is 1. The summed E-state index contributed by atoms with van der Waals surface area (Å²) in [5, 5.41) is 0. The van der Waals surface area contributed by atoms with Crippen LogP contribution in [0.1, 0.15) is 31.0 Å². The van der Waals surface area contributed by atoms with Crippen molar-refractivity contribution in [3.63, 3.8) is 0 Å². The Morgan fingerprint density at radius 3 is 2.84 bits per heavy atom. The fourth-order valence-corrected chi connectivity index (χ4v) is 2.82. The summed E-state index contributed by atoms with van der Waals surface area (Å²) in [5.41, 5.74) is 8.05. The molecule has 1 heterocycles. The first-order valence-corrected chi connectivity index (χ1v) is 6.86. The van der Waals surface area contributed by atoms with Gasteiger partial charge in [-0.15, -0.1) is 0 Å².